The van der Waals surface area contributed by atoms with Crippen molar-refractivity contribution in [1.29, 1.82) is 0 Å². The van der Waals surface area contributed by atoms with Crippen molar-refractivity contribution in [2.75, 3.05) is 5.73 Å². The number of rotatable bonds is 2. The molecule has 0 aliphatic heterocycles. The Morgan fingerprint density at radius 3 is 2.56 bits per heavy atom. The van der Waals surface area contributed by atoms with Gasteiger partial charge in [-0.05, 0) is 25.0 Å². The molecule has 0 saturated heterocycles. The third-order valence-corrected chi connectivity index (χ3v) is 4.38. The van der Waals surface area contributed by atoms with Crippen molar-refractivity contribution in [2.45, 2.75) is 25.2 Å². The number of nitrogens with zero attached hydrogens (tertiary/aromatic N) is 1. The molecule has 1 aromatic heterocycles. The molecule has 1 fully saturated rings. The van der Waals surface area contributed by atoms with Crippen molar-refractivity contribution in [3.05, 3.63) is 34.7 Å². The van der Waals surface area contributed by atoms with Gasteiger partial charge in [-0.25, -0.2) is 4.98 Å². The molecule has 82 valence electrons. The molecule has 0 spiro atoms. The second-order valence-corrected chi connectivity index (χ2v) is 5.58. The zero-order valence-corrected chi connectivity index (χ0v) is 10.1. The zero-order valence-electron chi connectivity index (χ0n) is 9.23. The molecule has 0 amide bonds. The summed E-state index contributed by atoms with van der Waals surface area (Å²) in [5.74, 6) is 0. The first-order valence-corrected chi connectivity index (χ1v) is 6.37. The molecule has 3 heteroatoms. The molecule has 0 unspecified atom stereocenters. The Balaban J connectivity index is 1.95. The van der Waals surface area contributed by atoms with E-state index in [9.17, 15) is 0 Å². The van der Waals surface area contributed by atoms with Gasteiger partial charge < -0.3 is 5.73 Å². The Hall–Kier alpha value is -1.35. The van der Waals surface area contributed by atoms with Gasteiger partial charge in [0.15, 0.2) is 0 Å². The summed E-state index contributed by atoms with van der Waals surface area (Å²) < 4.78 is 0. The summed E-state index contributed by atoms with van der Waals surface area (Å²) in [5.41, 5.74) is 9.07. The predicted octanol–water partition coefficient (Wildman–Crippen LogP) is 3.44. The first-order chi connectivity index (χ1) is 7.67. The molecule has 3 rings (SSSR count). The van der Waals surface area contributed by atoms with Crippen LogP contribution in [0.25, 0.3) is 11.3 Å². The summed E-state index contributed by atoms with van der Waals surface area (Å²) in [4.78, 5) is 4.72. The predicted molar refractivity (Wildman–Crippen MR) is 68.5 cm³/mol. The minimum atomic E-state index is 0.372. The molecule has 0 radical (unpaired) electrons. The van der Waals surface area contributed by atoms with Gasteiger partial charge in [0.2, 0.25) is 0 Å². The lowest BCUT2D eigenvalue weighted by Gasteiger charge is -2.01. The van der Waals surface area contributed by atoms with Gasteiger partial charge in [-0.2, -0.15) is 0 Å². The second kappa shape index (κ2) is 3.32. The quantitative estimate of drug-likeness (QED) is 0.803. The highest BCUT2D eigenvalue weighted by molar-refractivity contribution is 7.10. The van der Waals surface area contributed by atoms with E-state index < -0.39 is 0 Å². The number of thiazole rings is 1. The van der Waals surface area contributed by atoms with Gasteiger partial charge in [0.1, 0.15) is 0 Å². The highest BCUT2D eigenvalue weighted by atomic mass is 32.1. The summed E-state index contributed by atoms with van der Waals surface area (Å²) >= 11 is 1.78. The van der Waals surface area contributed by atoms with Crippen LogP contribution in [0, 0.1) is 0 Å². The lowest BCUT2D eigenvalue weighted by Crippen LogP contribution is -1.97. The standard InChI is InChI=1S/C13H14N2S/c1-13(6-7-13)12-15-11(8-16-12)9-2-4-10(14)5-3-9/h2-5,8H,6-7,14H2,1H3. The van der Waals surface area contributed by atoms with Crippen LogP contribution in [0.2, 0.25) is 0 Å². The van der Waals surface area contributed by atoms with E-state index in [1.54, 1.807) is 11.3 Å². The lowest BCUT2D eigenvalue weighted by atomic mass is 10.1. The summed E-state index contributed by atoms with van der Waals surface area (Å²) in [6.45, 7) is 2.29. The normalized spacial score (nSPS) is 17.3. The largest absolute Gasteiger partial charge is 0.399 e. The third-order valence-electron chi connectivity index (χ3n) is 3.23. The third kappa shape index (κ3) is 1.61. The van der Waals surface area contributed by atoms with Crippen LogP contribution in [0.3, 0.4) is 0 Å². The first kappa shape index (κ1) is 9.85. The van der Waals surface area contributed by atoms with Crippen LogP contribution in [0.15, 0.2) is 29.6 Å². The Morgan fingerprint density at radius 2 is 1.94 bits per heavy atom. The first-order valence-electron chi connectivity index (χ1n) is 5.49. The Morgan fingerprint density at radius 1 is 1.25 bits per heavy atom. The molecule has 1 aliphatic rings. The number of hydrogen-bond donors (Lipinski definition) is 1. The molecule has 2 nitrogen and oxygen atoms in total. The van der Waals surface area contributed by atoms with Gasteiger partial charge in [0, 0.05) is 22.0 Å². The molecule has 1 heterocycles. The molecule has 2 N–H and O–H groups in total. The van der Waals surface area contributed by atoms with E-state index in [1.165, 1.54) is 17.8 Å². The number of anilines is 1. The van der Waals surface area contributed by atoms with Crippen LogP contribution < -0.4 is 5.73 Å². The van der Waals surface area contributed by atoms with E-state index in [0.29, 0.717) is 5.41 Å². The van der Waals surface area contributed by atoms with Crippen LogP contribution in [-0.2, 0) is 5.41 Å². The minimum Gasteiger partial charge on any atom is -0.399 e. The number of hydrogen-bond acceptors (Lipinski definition) is 3. The fourth-order valence-corrected chi connectivity index (χ4v) is 2.79. The highest BCUT2D eigenvalue weighted by Gasteiger charge is 2.41. The minimum absolute atomic E-state index is 0.372. The summed E-state index contributed by atoms with van der Waals surface area (Å²) in [5, 5.41) is 3.42. The fraction of sp³-hybridized carbons (Fsp3) is 0.308. The van der Waals surface area contributed by atoms with Crippen molar-refractivity contribution in [2.24, 2.45) is 0 Å². The maximum atomic E-state index is 5.67. The molecular formula is C13H14N2S. The average molecular weight is 230 g/mol. The van der Waals surface area contributed by atoms with Crippen LogP contribution in [0.1, 0.15) is 24.8 Å². The monoisotopic (exact) mass is 230 g/mol. The molecule has 1 aliphatic carbocycles. The van der Waals surface area contributed by atoms with Gasteiger partial charge in [0.25, 0.3) is 0 Å². The van der Waals surface area contributed by atoms with E-state index in [1.807, 2.05) is 24.3 Å². The van der Waals surface area contributed by atoms with Crippen molar-refractivity contribution < 1.29 is 0 Å². The van der Waals surface area contributed by atoms with Gasteiger partial charge in [-0.3, -0.25) is 0 Å². The van der Waals surface area contributed by atoms with E-state index >= 15 is 0 Å². The number of nitrogens with two attached hydrogens (primary N) is 1. The number of nitrogen functional groups attached to an aromatic ring is 1. The maximum Gasteiger partial charge on any atom is 0.0991 e. The van der Waals surface area contributed by atoms with E-state index in [2.05, 4.69) is 12.3 Å². The van der Waals surface area contributed by atoms with Gasteiger partial charge in [-0.1, -0.05) is 19.1 Å². The SMILES string of the molecule is CC1(c2nc(-c3ccc(N)cc3)cs2)CC1. The Bertz CT molecular complexity index is 509. The molecule has 1 aromatic carbocycles. The molecule has 0 bridgehead atoms. The van der Waals surface area contributed by atoms with Crippen LogP contribution >= 0.6 is 11.3 Å². The highest BCUT2D eigenvalue weighted by Crippen LogP contribution is 2.49. The van der Waals surface area contributed by atoms with Crippen molar-refractivity contribution in [3.8, 4) is 11.3 Å². The number of aromatic nitrogens is 1. The molecule has 1 saturated carbocycles. The zero-order chi connectivity index (χ0) is 11.2. The topological polar surface area (TPSA) is 38.9 Å². The molecular weight excluding hydrogens is 216 g/mol. The molecule has 0 atom stereocenters. The second-order valence-electron chi connectivity index (χ2n) is 4.72. The van der Waals surface area contributed by atoms with Gasteiger partial charge in [0.05, 0.1) is 10.7 Å². The average Bonchev–Trinajstić information content (AvgIpc) is 2.84. The van der Waals surface area contributed by atoms with Crippen LogP contribution in [-0.4, -0.2) is 4.98 Å². The smallest absolute Gasteiger partial charge is 0.0991 e. The van der Waals surface area contributed by atoms with Crippen molar-refractivity contribution >= 4 is 17.0 Å². The molecule has 2 aromatic rings. The lowest BCUT2D eigenvalue weighted by molar-refractivity contribution is 0.778. The van der Waals surface area contributed by atoms with Gasteiger partial charge in [-0.15, -0.1) is 11.3 Å². The van der Waals surface area contributed by atoms with Crippen molar-refractivity contribution in [1.82, 2.24) is 4.98 Å². The van der Waals surface area contributed by atoms with E-state index in [4.69, 9.17) is 10.7 Å². The maximum absolute atomic E-state index is 5.67. The van der Waals surface area contributed by atoms with Crippen LogP contribution in [0.4, 0.5) is 5.69 Å². The van der Waals surface area contributed by atoms with Crippen molar-refractivity contribution in [3.63, 3.8) is 0 Å². The number of benzene rings is 1. The summed E-state index contributed by atoms with van der Waals surface area (Å²) in [6.07, 6.45) is 2.56. The van der Waals surface area contributed by atoms with Gasteiger partial charge >= 0.3 is 0 Å². The van der Waals surface area contributed by atoms with Crippen LogP contribution in [0.5, 0.6) is 0 Å². The Labute approximate surface area is 99.1 Å². The van der Waals surface area contributed by atoms with E-state index in [0.717, 1.165) is 16.9 Å². The fourth-order valence-electron chi connectivity index (χ4n) is 1.74. The van der Waals surface area contributed by atoms with E-state index in [-0.39, 0.29) is 0 Å². The Kier molecular flexibility index (Phi) is 2.04. The summed E-state index contributed by atoms with van der Waals surface area (Å²) in [6, 6.07) is 7.91. The molecule has 16 heavy (non-hydrogen) atoms. The summed E-state index contributed by atoms with van der Waals surface area (Å²) in [7, 11) is 0.